The number of nitrogens with zero attached hydrogens (tertiary/aromatic N) is 5. The van der Waals surface area contributed by atoms with E-state index >= 15 is 0 Å². The predicted molar refractivity (Wildman–Crippen MR) is 98.9 cm³/mol. The number of rotatable bonds is 4. The first-order valence-corrected chi connectivity index (χ1v) is 9.65. The number of aromatic nitrogens is 4. The lowest BCUT2D eigenvalue weighted by molar-refractivity contribution is -0.131. The van der Waals surface area contributed by atoms with E-state index in [2.05, 4.69) is 48.4 Å². The highest BCUT2D eigenvalue weighted by atomic mass is 32.2. The Balaban J connectivity index is 1.72. The first kappa shape index (κ1) is 17.9. The molecule has 7 heteroatoms. The molecule has 2 aromatic rings. The number of piperidine rings is 1. The van der Waals surface area contributed by atoms with Gasteiger partial charge in [-0.3, -0.25) is 4.79 Å². The third-order valence-corrected chi connectivity index (χ3v) is 5.92. The summed E-state index contributed by atoms with van der Waals surface area (Å²) in [6.07, 6.45) is 2.17. The molecule has 0 N–H and O–H groups in total. The van der Waals surface area contributed by atoms with Crippen LogP contribution in [0.3, 0.4) is 0 Å². The molecule has 1 aliphatic heterocycles. The molecule has 134 valence electrons. The number of carbonyl (C=O) groups is 1. The van der Waals surface area contributed by atoms with Gasteiger partial charge in [-0.2, -0.15) is 4.68 Å². The van der Waals surface area contributed by atoms with E-state index in [0.717, 1.165) is 31.6 Å². The maximum Gasteiger partial charge on any atom is 0.235 e. The molecule has 1 aliphatic rings. The van der Waals surface area contributed by atoms with Crippen LogP contribution in [0.25, 0.3) is 5.69 Å². The Hall–Kier alpha value is -1.89. The lowest BCUT2D eigenvalue weighted by Gasteiger charge is -2.31. The Kier molecular flexibility index (Phi) is 5.42. The molecule has 0 radical (unpaired) electrons. The Bertz CT molecular complexity index is 752. The number of aryl methyl sites for hydroxylation is 2. The zero-order valence-corrected chi connectivity index (χ0v) is 16.1. The average Bonchev–Trinajstić information content (AvgIpc) is 3.05. The van der Waals surface area contributed by atoms with Gasteiger partial charge < -0.3 is 4.90 Å². The molecule has 0 unspecified atom stereocenters. The zero-order valence-electron chi connectivity index (χ0n) is 15.3. The van der Waals surface area contributed by atoms with E-state index in [1.807, 2.05) is 17.9 Å². The fraction of sp³-hybridized carbons (Fsp3) is 0.556. The van der Waals surface area contributed by atoms with Crippen molar-refractivity contribution >= 4 is 17.7 Å². The van der Waals surface area contributed by atoms with Crippen LogP contribution in [0.1, 0.15) is 37.8 Å². The summed E-state index contributed by atoms with van der Waals surface area (Å²) in [6, 6.07) is 6.12. The van der Waals surface area contributed by atoms with Gasteiger partial charge >= 0.3 is 0 Å². The van der Waals surface area contributed by atoms with Gasteiger partial charge in [0.25, 0.3) is 0 Å². The van der Waals surface area contributed by atoms with E-state index in [1.165, 1.54) is 22.9 Å². The summed E-state index contributed by atoms with van der Waals surface area (Å²) in [5, 5.41) is 12.5. The van der Waals surface area contributed by atoms with Gasteiger partial charge in [0.05, 0.1) is 10.9 Å². The Morgan fingerprint density at radius 1 is 1.24 bits per heavy atom. The van der Waals surface area contributed by atoms with Crippen molar-refractivity contribution in [2.45, 2.75) is 50.9 Å². The van der Waals surface area contributed by atoms with Gasteiger partial charge in [-0.1, -0.05) is 24.8 Å². The SMILES string of the molecule is Cc1ccc(-n2nnnc2S[C@H](C)C(=O)N2CCC(C)CC2)cc1C. The minimum atomic E-state index is -0.204. The standard InChI is InChI=1S/C18H25N5OS/c1-12-7-9-22(10-8-12)17(24)15(4)25-18-19-20-21-23(18)16-6-5-13(2)14(3)11-16/h5-6,11-12,15H,7-10H2,1-4H3/t15-/m1/s1. The largest absolute Gasteiger partial charge is 0.342 e. The molecular weight excluding hydrogens is 334 g/mol. The van der Waals surface area contributed by atoms with E-state index in [0.29, 0.717) is 11.1 Å². The van der Waals surface area contributed by atoms with Crippen molar-refractivity contribution < 1.29 is 4.79 Å². The van der Waals surface area contributed by atoms with Crippen molar-refractivity contribution in [3.8, 4) is 5.69 Å². The van der Waals surface area contributed by atoms with E-state index in [-0.39, 0.29) is 11.2 Å². The quantitative estimate of drug-likeness (QED) is 0.785. The molecule has 6 nitrogen and oxygen atoms in total. The number of likely N-dealkylation sites (tertiary alicyclic amines) is 1. The Morgan fingerprint density at radius 3 is 2.64 bits per heavy atom. The van der Waals surface area contributed by atoms with Crippen molar-refractivity contribution in [3.63, 3.8) is 0 Å². The minimum absolute atomic E-state index is 0.173. The third-order valence-electron chi connectivity index (χ3n) is 4.90. The minimum Gasteiger partial charge on any atom is -0.342 e. The summed E-state index contributed by atoms with van der Waals surface area (Å²) in [4.78, 5) is 14.7. The molecule has 1 amide bonds. The van der Waals surface area contributed by atoms with Crippen molar-refractivity contribution in [2.75, 3.05) is 13.1 Å². The highest BCUT2D eigenvalue weighted by Crippen LogP contribution is 2.26. The lowest BCUT2D eigenvalue weighted by Crippen LogP contribution is -2.41. The molecule has 1 aromatic carbocycles. The molecule has 1 fully saturated rings. The Morgan fingerprint density at radius 2 is 1.96 bits per heavy atom. The summed E-state index contributed by atoms with van der Waals surface area (Å²) in [7, 11) is 0. The van der Waals surface area contributed by atoms with Crippen molar-refractivity contribution in [1.29, 1.82) is 0 Å². The maximum atomic E-state index is 12.7. The second kappa shape index (κ2) is 7.56. The van der Waals surface area contributed by atoms with Crippen LogP contribution in [0.2, 0.25) is 0 Å². The van der Waals surface area contributed by atoms with E-state index in [9.17, 15) is 4.79 Å². The average molecular weight is 359 g/mol. The molecule has 3 rings (SSSR count). The third kappa shape index (κ3) is 4.03. The molecule has 0 bridgehead atoms. The monoisotopic (exact) mass is 359 g/mol. The van der Waals surface area contributed by atoms with Gasteiger partial charge in [0.15, 0.2) is 0 Å². The van der Waals surface area contributed by atoms with Crippen LogP contribution in [-0.4, -0.2) is 49.4 Å². The van der Waals surface area contributed by atoms with E-state index in [4.69, 9.17) is 0 Å². The number of thioether (sulfide) groups is 1. The van der Waals surface area contributed by atoms with Crippen LogP contribution in [0.15, 0.2) is 23.4 Å². The van der Waals surface area contributed by atoms with E-state index in [1.54, 1.807) is 4.68 Å². The second-order valence-electron chi connectivity index (χ2n) is 6.91. The fourth-order valence-corrected chi connectivity index (χ4v) is 3.86. The second-order valence-corrected chi connectivity index (χ2v) is 8.22. The van der Waals surface area contributed by atoms with Crippen molar-refractivity contribution in [2.24, 2.45) is 5.92 Å². The van der Waals surface area contributed by atoms with Crippen LogP contribution in [0, 0.1) is 19.8 Å². The van der Waals surface area contributed by atoms with Crippen molar-refractivity contribution in [1.82, 2.24) is 25.1 Å². The number of benzene rings is 1. The highest BCUT2D eigenvalue weighted by Gasteiger charge is 2.26. The van der Waals surface area contributed by atoms with Gasteiger partial charge in [0.2, 0.25) is 11.1 Å². The Labute approximate surface area is 153 Å². The molecule has 1 atom stereocenters. The molecule has 0 saturated carbocycles. The molecule has 2 heterocycles. The van der Waals surface area contributed by atoms with Crippen LogP contribution in [0.4, 0.5) is 0 Å². The number of tetrazole rings is 1. The first-order valence-electron chi connectivity index (χ1n) is 8.77. The van der Waals surface area contributed by atoms with Crippen molar-refractivity contribution in [3.05, 3.63) is 29.3 Å². The molecule has 1 aromatic heterocycles. The fourth-order valence-electron chi connectivity index (χ4n) is 2.97. The summed E-state index contributed by atoms with van der Waals surface area (Å²) >= 11 is 1.42. The topological polar surface area (TPSA) is 63.9 Å². The molecule has 25 heavy (non-hydrogen) atoms. The zero-order chi connectivity index (χ0) is 18.0. The first-order chi connectivity index (χ1) is 12.0. The number of hydrogen-bond donors (Lipinski definition) is 0. The number of carbonyl (C=O) groups excluding carboxylic acids is 1. The van der Waals surface area contributed by atoms with Crippen LogP contribution < -0.4 is 0 Å². The highest BCUT2D eigenvalue weighted by molar-refractivity contribution is 8.00. The van der Waals surface area contributed by atoms with Crippen LogP contribution in [-0.2, 0) is 4.79 Å². The summed E-state index contributed by atoms with van der Waals surface area (Å²) in [5.74, 6) is 0.885. The van der Waals surface area contributed by atoms with Gasteiger partial charge in [0, 0.05) is 13.1 Å². The summed E-state index contributed by atoms with van der Waals surface area (Å²) < 4.78 is 1.71. The van der Waals surface area contributed by atoms with Gasteiger partial charge in [-0.15, -0.1) is 5.10 Å². The summed E-state index contributed by atoms with van der Waals surface area (Å²) in [5.41, 5.74) is 3.34. The van der Waals surface area contributed by atoms with Gasteiger partial charge in [-0.25, -0.2) is 0 Å². The van der Waals surface area contributed by atoms with Crippen LogP contribution >= 0.6 is 11.8 Å². The molecule has 1 saturated heterocycles. The number of amides is 1. The maximum absolute atomic E-state index is 12.7. The molecule has 0 aliphatic carbocycles. The number of hydrogen-bond acceptors (Lipinski definition) is 5. The normalized spacial score (nSPS) is 16.9. The van der Waals surface area contributed by atoms with Crippen LogP contribution in [0.5, 0.6) is 0 Å². The predicted octanol–water partition coefficient (Wildman–Crippen LogP) is 3.02. The van der Waals surface area contributed by atoms with Gasteiger partial charge in [0.1, 0.15) is 0 Å². The smallest absolute Gasteiger partial charge is 0.235 e. The molecule has 0 spiro atoms. The van der Waals surface area contributed by atoms with E-state index < -0.39 is 0 Å². The lowest BCUT2D eigenvalue weighted by atomic mass is 9.99. The van der Waals surface area contributed by atoms with Gasteiger partial charge in [-0.05, 0) is 73.2 Å². The summed E-state index contributed by atoms with van der Waals surface area (Å²) in [6.45, 7) is 10.0. The molecular formula is C18H25N5OS.